The van der Waals surface area contributed by atoms with Gasteiger partial charge >= 0.3 is 0 Å². The van der Waals surface area contributed by atoms with E-state index in [1.807, 2.05) is 17.0 Å². The standard InChI is InChI=1S/C23H23ClN4O3/c1-15-11-22(30)28(14-21(29)26-18-7-8-20(31-2)19(24)12-18)23(25-15)27-10-9-16-5-3-4-6-17(16)13-27/h3-8,11-12H,9-10,13-14H2,1-2H3,(H,26,29). The van der Waals surface area contributed by atoms with Crippen molar-refractivity contribution in [2.45, 2.75) is 26.4 Å². The Kier molecular flexibility index (Phi) is 5.95. The van der Waals surface area contributed by atoms with Crippen molar-refractivity contribution in [3.63, 3.8) is 0 Å². The Morgan fingerprint density at radius 3 is 2.71 bits per heavy atom. The van der Waals surface area contributed by atoms with E-state index in [0.29, 0.717) is 34.6 Å². The van der Waals surface area contributed by atoms with Crippen LogP contribution in [0.5, 0.6) is 5.75 Å². The highest BCUT2D eigenvalue weighted by Crippen LogP contribution is 2.27. The molecule has 160 valence electrons. The highest BCUT2D eigenvalue weighted by atomic mass is 35.5. The van der Waals surface area contributed by atoms with E-state index in [-0.39, 0.29) is 18.0 Å². The minimum atomic E-state index is -0.340. The number of aromatic nitrogens is 2. The molecule has 0 radical (unpaired) electrons. The summed E-state index contributed by atoms with van der Waals surface area (Å²) >= 11 is 6.14. The van der Waals surface area contributed by atoms with Gasteiger partial charge in [-0.3, -0.25) is 14.2 Å². The molecule has 1 N–H and O–H groups in total. The van der Waals surface area contributed by atoms with E-state index < -0.39 is 0 Å². The fraction of sp³-hybridized carbons (Fsp3) is 0.261. The molecule has 3 aromatic rings. The minimum absolute atomic E-state index is 0.150. The first-order valence-electron chi connectivity index (χ1n) is 9.98. The Morgan fingerprint density at radius 1 is 1.19 bits per heavy atom. The fourth-order valence-corrected chi connectivity index (χ4v) is 4.01. The van der Waals surface area contributed by atoms with Crippen LogP contribution in [0.15, 0.2) is 53.3 Å². The molecule has 1 amide bonds. The normalized spacial score (nSPS) is 12.9. The van der Waals surface area contributed by atoms with E-state index in [9.17, 15) is 9.59 Å². The minimum Gasteiger partial charge on any atom is -0.495 e. The van der Waals surface area contributed by atoms with Crippen molar-refractivity contribution in [1.29, 1.82) is 0 Å². The second kappa shape index (κ2) is 8.81. The fourth-order valence-electron chi connectivity index (χ4n) is 3.75. The molecule has 0 spiro atoms. The molecular weight excluding hydrogens is 416 g/mol. The second-order valence-corrected chi connectivity index (χ2v) is 7.87. The molecule has 2 aromatic carbocycles. The first-order valence-corrected chi connectivity index (χ1v) is 10.4. The molecule has 0 atom stereocenters. The van der Waals surface area contributed by atoms with Gasteiger partial charge in [-0.25, -0.2) is 4.98 Å². The van der Waals surface area contributed by atoms with Gasteiger partial charge in [0.25, 0.3) is 5.56 Å². The molecule has 1 aliphatic rings. The van der Waals surface area contributed by atoms with Gasteiger partial charge in [-0.15, -0.1) is 0 Å². The van der Waals surface area contributed by atoms with Crippen molar-refractivity contribution in [2.75, 3.05) is 23.9 Å². The molecular formula is C23H23ClN4O3. The van der Waals surface area contributed by atoms with Gasteiger partial charge in [0.2, 0.25) is 11.9 Å². The van der Waals surface area contributed by atoms with E-state index >= 15 is 0 Å². The molecule has 0 saturated carbocycles. The lowest BCUT2D eigenvalue weighted by molar-refractivity contribution is -0.116. The molecule has 7 nitrogen and oxygen atoms in total. The molecule has 0 fully saturated rings. The van der Waals surface area contributed by atoms with Crippen LogP contribution in [-0.2, 0) is 24.3 Å². The predicted octanol–water partition coefficient (Wildman–Crippen LogP) is 3.42. The van der Waals surface area contributed by atoms with Gasteiger partial charge in [0.05, 0.1) is 12.1 Å². The van der Waals surface area contributed by atoms with Crippen molar-refractivity contribution in [2.24, 2.45) is 0 Å². The number of hydrogen-bond donors (Lipinski definition) is 1. The first-order chi connectivity index (χ1) is 14.9. The van der Waals surface area contributed by atoms with Gasteiger partial charge in [0.1, 0.15) is 12.3 Å². The number of carbonyl (C=O) groups is 1. The quantitative estimate of drug-likeness (QED) is 0.660. The SMILES string of the molecule is COc1ccc(NC(=O)Cn2c(N3CCc4ccccc4C3)nc(C)cc2=O)cc1Cl. The summed E-state index contributed by atoms with van der Waals surface area (Å²) in [6.07, 6.45) is 0.858. The highest BCUT2D eigenvalue weighted by molar-refractivity contribution is 6.32. The largest absolute Gasteiger partial charge is 0.495 e. The van der Waals surface area contributed by atoms with Crippen molar-refractivity contribution in [3.8, 4) is 5.75 Å². The third-order valence-corrected chi connectivity index (χ3v) is 5.56. The van der Waals surface area contributed by atoms with Crippen LogP contribution < -0.4 is 20.5 Å². The average molecular weight is 439 g/mol. The van der Waals surface area contributed by atoms with Crippen molar-refractivity contribution < 1.29 is 9.53 Å². The Bertz CT molecular complexity index is 1190. The zero-order chi connectivity index (χ0) is 22.0. The van der Waals surface area contributed by atoms with Crippen molar-refractivity contribution in [3.05, 3.63) is 80.7 Å². The maximum atomic E-state index is 12.8. The summed E-state index contributed by atoms with van der Waals surface area (Å²) in [6.45, 7) is 3.00. The van der Waals surface area contributed by atoms with Crippen LogP contribution in [0.4, 0.5) is 11.6 Å². The van der Waals surface area contributed by atoms with Crippen molar-refractivity contribution in [1.82, 2.24) is 9.55 Å². The number of anilines is 2. The number of rotatable bonds is 5. The van der Waals surface area contributed by atoms with E-state index in [1.165, 1.54) is 28.9 Å². The zero-order valence-electron chi connectivity index (χ0n) is 17.4. The lowest BCUT2D eigenvalue weighted by atomic mass is 10.0. The molecule has 8 heteroatoms. The Balaban J connectivity index is 1.58. The van der Waals surface area contributed by atoms with E-state index in [0.717, 1.165) is 13.0 Å². The molecule has 2 heterocycles. The van der Waals surface area contributed by atoms with Crippen LogP contribution in [-0.4, -0.2) is 29.1 Å². The van der Waals surface area contributed by atoms with Crippen LogP contribution in [0.1, 0.15) is 16.8 Å². The molecule has 1 aliphatic heterocycles. The molecule has 0 saturated heterocycles. The molecule has 31 heavy (non-hydrogen) atoms. The summed E-state index contributed by atoms with van der Waals surface area (Å²) in [5, 5.41) is 3.18. The average Bonchev–Trinajstić information content (AvgIpc) is 2.75. The van der Waals surface area contributed by atoms with Crippen LogP contribution in [0.2, 0.25) is 5.02 Å². The molecule has 0 bridgehead atoms. The van der Waals surface area contributed by atoms with Gasteiger partial charge in [-0.1, -0.05) is 35.9 Å². The van der Waals surface area contributed by atoms with Crippen LogP contribution in [0.25, 0.3) is 0 Å². The van der Waals surface area contributed by atoms with Gasteiger partial charge in [-0.2, -0.15) is 0 Å². The molecule has 4 rings (SSSR count). The number of halogens is 1. The Morgan fingerprint density at radius 2 is 1.97 bits per heavy atom. The van der Waals surface area contributed by atoms with E-state index in [4.69, 9.17) is 16.3 Å². The summed E-state index contributed by atoms with van der Waals surface area (Å²) in [7, 11) is 1.52. The van der Waals surface area contributed by atoms with E-state index in [2.05, 4.69) is 22.4 Å². The number of fused-ring (bicyclic) bond motifs is 1. The number of ether oxygens (including phenoxy) is 1. The monoisotopic (exact) mass is 438 g/mol. The number of methoxy groups -OCH3 is 1. The molecule has 0 unspecified atom stereocenters. The predicted molar refractivity (Wildman–Crippen MR) is 121 cm³/mol. The maximum absolute atomic E-state index is 12.8. The number of nitrogens with one attached hydrogen (secondary N) is 1. The number of amides is 1. The summed E-state index contributed by atoms with van der Waals surface area (Å²) in [5.41, 5.74) is 3.39. The maximum Gasteiger partial charge on any atom is 0.255 e. The van der Waals surface area contributed by atoms with Gasteiger partial charge in [-0.05, 0) is 42.7 Å². The van der Waals surface area contributed by atoms with Crippen LogP contribution in [0.3, 0.4) is 0 Å². The lowest BCUT2D eigenvalue weighted by Crippen LogP contribution is -2.38. The summed E-state index contributed by atoms with van der Waals surface area (Å²) in [6, 6.07) is 14.7. The Labute approximate surface area is 185 Å². The molecule has 0 aliphatic carbocycles. The van der Waals surface area contributed by atoms with Gasteiger partial charge < -0.3 is 15.0 Å². The smallest absolute Gasteiger partial charge is 0.255 e. The third-order valence-electron chi connectivity index (χ3n) is 5.27. The Hall–Kier alpha value is -3.32. The lowest BCUT2D eigenvalue weighted by Gasteiger charge is -2.31. The number of benzene rings is 2. The summed E-state index contributed by atoms with van der Waals surface area (Å²) < 4.78 is 6.55. The summed E-state index contributed by atoms with van der Waals surface area (Å²) in [5.74, 6) is 0.682. The van der Waals surface area contributed by atoms with Gasteiger partial charge in [0, 0.05) is 30.5 Å². The first kappa shape index (κ1) is 20.9. The number of carbonyl (C=O) groups excluding carboxylic acids is 1. The zero-order valence-corrected chi connectivity index (χ0v) is 18.1. The van der Waals surface area contributed by atoms with E-state index in [1.54, 1.807) is 25.1 Å². The number of hydrogen-bond acceptors (Lipinski definition) is 5. The molecule has 1 aromatic heterocycles. The second-order valence-electron chi connectivity index (χ2n) is 7.46. The van der Waals surface area contributed by atoms with Crippen LogP contribution >= 0.6 is 11.6 Å². The highest BCUT2D eigenvalue weighted by Gasteiger charge is 2.22. The third kappa shape index (κ3) is 4.56. The van der Waals surface area contributed by atoms with Crippen molar-refractivity contribution >= 4 is 29.1 Å². The topological polar surface area (TPSA) is 76.5 Å². The number of aryl methyl sites for hydroxylation is 1. The van der Waals surface area contributed by atoms with Crippen LogP contribution in [0, 0.1) is 6.92 Å². The summed E-state index contributed by atoms with van der Waals surface area (Å²) in [4.78, 5) is 32.1. The van der Waals surface area contributed by atoms with Gasteiger partial charge in [0.15, 0.2) is 0 Å². The number of nitrogens with zero attached hydrogens (tertiary/aromatic N) is 3.